The number of nitrogens with zero attached hydrogens (tertiary/aromatic N) is 15. The molecule has 0 aliphatic rings. The molecule has 0 aromatic carbocycles. The van der Waals surface area contributed by atoms with E-state index in [1.165, 1.54) is 45.5 Å². The van der Waals surface area contributed by atoms with Gasteiger partial charge in [-0.1, -0.05) is 26.7 Å². The first kappa shape index (κ1) is 61.6. The fourth-order valence-corrected chi connectivity index (χ4v) is 10.9. The third-order valence-electron chi connectivity index (χ3n) is 12.3. The summed E-state index contributed by atoms with van der Waals surface area (Å²) in [5.41, 5.74) is 0.144. The minimum atomic E-state index is -0.459. The Kier molecular flexibility index (Phi) is 21.8. The molecular formula is C50H68BrN15O10S3. The van der Waals surface area contributed by atoms with Crippen LogP contribution < -0.4 is 43.2 Å². The van der Waals surface area contributed by atoms with Crippen LogP contribution in [0.2, 0.25) is 0 Å². The Balaban J connectivity index is 0.000000180. The van der Waals surface area contributed by atoms with E-state index in [-0.39, 0.29) is 67.1 Å². The molecule has 428 valence electrons. The van der Waals surface area contributed by atoms with Gasteiger partial charge < -0.3 is 24.3 Å². The summed E-state index contributed by atoms with van der Waals surface area (Å²) in [4.78, 5) is 104. The zero-order chi connectivity index (χ0) is 57.8. The molecular weight excluding hydrogens is 1150 g/mol. The number of hydrogen-bond acceptors (Lipinski definition) is 19. The van der Waals surface area contributed by atoms with E-state index in [0.717, 1.165) is 59.9 Å². The Labute approximate surface area is 473 Å². The fraction of sp³-hybridized carbons (Fsp3) is 0.520. The van der Waals surface area contributed by atoms with Crippen molar-refractivity contribution in [2.24, 2.45) is 21.1 Å². The van der Waals surface area contributed by atoms with Crippen LogP contribution in [0.25, 0.3) is 33.5 Å². The molecule has 0 spiro atoms. The first-order valence-electron chi connectivity index (χ1n) is 25.8. The van der Waals surface area contributed by atoms with Gasteiger partial charge in [-0.25, -0.2) is 34.3 Å². The van der Waals surface area contributed by atoms with Crippen LogP contribution in [-0.4, -0.2) is 87.8 Å². The van der Waals surface area contributed by atoms with E-state index in [0.29, 0.717) is 77.7 Å². The van der Waals surface area contributed by atoms with Gasteiger partial charge in [0.15, 0.2) is 38.2 Å². The van der Waals surface area contributed by atoms with E-state index in [4.69, 9.17) is 19.7 Å². The number of hydrogen-bond donors (Lipinski definition) is 2. The molecule has 29 heteroatoms. The smallest absolute Gasteiger partial charge is 0.332 e. The third-order valence-corrected chi connectivity index (χ3v) is 15.6. The minimum Gasteiger partial charge on any atom is -0.457 e. The predicted octanol–water partition coefficient (Wildman–Crippen LogP) is 5.13. The standard InChI is InChI=1S/C17H23N5O3S.C16H21N5O4S.C12H17BrN4O2.C5H7NOS/c1-5-7-8-22-15(23)13-14(20(4)17(22)24)19-16(21(13)6-2)25-10-12-18-9-11(3)26-12;1-4-20-12-13(18-15(20)25-9-11-17-8-10(2)26-11)19(3)16(24)21(14(12)23)6-5-7-22;1-4-6-7-17-10(18)8-9(15(3)12(17)19)14-11(13)16(8)5-2;1-4-2-6-5(3-7)8-4/h9H,5-8,10H2,1-4H3;8,22H,4-7,9H2,1-3H3;4-7H2,1-3H3;2,7H,3H2,1H3. The largest absolute Gasteiger partial charge is 0.457 e. The van der Waals surface area contributed by atoms with Crippen LogP contribution in [0.4, 0.5) is 0 Å². The van der Waals surface area contributed by atoms with Gasteiger partial charge in [-0.05, 0) is 76.7 Å². The number of fused-ring (bicyclic) bond motifs is 3. The van der Waals surface area contributed by atoms with Crippen molar-refractivity contribution >= 4 is 83.4 Å². The molecule has 9 rings (SSSR count). The molecule has 0 amide bonds. The normalized spacial score (nSPS) is 11.2. The zero-order valence-corrected chi connectivity index (χ0v) is 50.3. The van der Waals surface area contributed by atoms with Crippen LogP contribution in [0.15, 0.2) is 52.1 Å². The van der Waals surface area contributed by atoms with E-state index in [1.54, 1.807) is 64.8 Å². The van der Waals surface area contributed by atoms with Gasteiger partial charge in [0.2, 0.25) is 0 Å². The number of unbranched alkanes of at least 4 members (excludes halogenated alkanes) is 2. The van der Waals surface area contributed by atoms with Gasteiger partial charge in [0.1, 0.15) is 28.2 Å². The number of thiazole rings is 3. The average Bonchev–Trinajstić information content (AvgIpc) is 4.51. The first-order valence-corrected chi connectivity index (χ1v) is 29.0. The van der Waals surface area contributed by atoms with Gasteiger partial charge in [0.25, 0.3) is 28.7 Å². The van der Waals surface area contributed by atoms with Crippen LogP contribution in [0.1, 0.15) is 96.4 Å². The van der Waals surface area contributed by atoms with Crippen molar-refractivity contribution in [1.82, 2.24) is 71.0 Å². The molecule has 9 heterocycles. The lowest BCUT2D eigenvalue weighted by atomic mass is 10.3. The zero-order valence-electron chi connectivity index (χ0n) is 46.3. The summed E-state index contributed by atoms with van der Waals surface area (Å²) in [6.07, 6.45) is 9.07. The molecule has 0 fully saturated rings. The number of imidazole rings is 3. The van der Waals surface area contributed by atoms with E-state index < -0.39 is 11.2 Å². The maximum Gasteiger partial charge on any atom is 0.332 e. The van der Waals surface area contributed by atoms with Crippen molar-refractivity contribution in [2.75, 3.05) is 6.61 Å². The second kappa shape index (κ2) is 28.0. The summed E-state index contributed by atoms with van der Waals surface area (Å²) < 4.78 is 25.2. The molecule has 2 N–H and O–H groups in total. The van der Waals surface area contributed by atoms with Gasteiger partial charge in [0, 0.05) is 100 Å². The monoisotopic (exact) mass is 1210 g/mol. The molecule has 0 saturated heterocycles. The lowest BCUT2D eigenvalue weighted by Gasteiger charge is -2.09. The number of aryl methyl sites for hydroxylation is 9. The second-order valence-corrected chi connectivity index (χ2v) is 22.6. The fourth-order valence-electron chi connectivity index (χ4n) is 8.26. The predicted molar refractivity (Wildman–Crippen MR) is 309 cm³/mol. The molecule has 79 heavy (non-hydrogen) atoms. The topological polar surface area (TPSA) is 283 Å². The number of ether oxygens (including phenoxy) is 2. The lowest BCUT2D eigenvalue weighted by molar-refractivity contribution is 0.269. The van der Waals surface area contributed by atoms with Crippen LogP contribution in [0, 0.1) is 20.8 Å². The quantitative estimate of drug-likeness (QED) is 0.0993. The molecule has 0 saturated carbocycles. The lowest BCUT2D eigenvalue weighted by Crippen LogP contribution is -2.39. The van der Waals surface area contributed by atoms with E-state index in [2.05, 4.69) is 45.8 Å². The minimum absolute atomic E-state index is 0.0680. The van der Waals surface area contributed by atoms with Crippen molar-refractivity contribution in [1.29, 1.82) is 0 Å². The van der Waals surface area contributed by atoms with Gasteiger partial charge in [0.05, 0.1) is 6.61 Å². The molecule has 0 bridgehead atoms. The summed E-state index contributed by atoms with van der Waals surface area (Å²) >= 11 is 7.94. The number of halogens is 1. The Morgan fingerprint density at radius 3 is 1.14 bits per heavy atom. The van der Waals surface area contributed by atoms with Crippen LogP contribution in [0.5, 0.6) is 12.0 Å². The second-order valence-electron chi connectivity index (χ2n) is 17.9. The van der Waals surface area contributed by atoms with Crippen molar-refractivity contribution in [2.45, 2.75) is 147 Å². The summed E-state index contributed by atoms with van der Waals surface area (Å²) in [6.45, 7) is 18.8. The summed E-state index contributed by atoms with van der Waals surface area (Å²) in [5, 5.41) is 20.0. The number of aliphatic hydroxyl groups is 2. The molecule has 9 aromatic heterocycles. The van der Waals surface area contributed by atoms with E-state index >= 15 is 0 Å². The highest BCUT2D eigenvalue weighted by atomic mass is 79.9. The highest BCUT2D eigenvalue weighted by Crippen LogP contribution is 2.22. The first-order chi connectivity index (χ1) is 37.8. The van der Waals surface area contributed by atoms with Gasteiger partial charge in [-0.3, -0.25) is 50.9 Å². The summed E-state index contributed by atoms with van der Waals surface area (Å²) in [6, 6.07) is 0.609. The van der Waals surface area contributed by atoms with E-state index in [9.17, 15) is 28.8 Å². The van der Waals surface area contributed by atoms with Gasteiger partial charge in [-0.2, -0.15) is 9.97 Å². The maximum atomic E-state index is 12.9. The Morgan fingerprint density at radius 1 is 0.494 bits per heavy atom. The molecule has 0 radical (unpaired) electrons. The van der Waals surface area contributed by atoms with Crippen LogP contribution in [-0.2, 0) is 80.2 Å². The molecule has 9 aromatic rings. The molecule has 25 nitrogen and oxygen atoms in total. The average molecular weight is 1220 g/mol. The van der Waals surface area contributed by atoms with Gasteiger partial charge in [-0.15, -0.1) is 34.0 Å². The van der Waals surface area contributed by atoms with Gasteiger partial charge >= 0.3 is 17.1 Å². The van der Waals surface area contributed by atoms with Crippen molar-refractivity contribution in [3.63, 3.8) is 0 Å². The summed E-state index contributed by atoms with van der Waals surface area (Å²) in [7, 11) is 4.85. The SMILES string of the molecule is CCCCn1c(=O)c2c(nc(Br)n2CC)n(C)c1=O.CCCCn1c(=O)c2c(nc(OCc3ncc(C)s3)n2CC)n(C)c1=O.CCn1c(OCc2ncc(C)s2)nc2c1c(=O)n(CCCO)c(=O)n2C.Cc1cnc(CO)s1. The number of rotatable bonds is 19. The Bertz CT molecular complexity index is 3750. The van der Waals surface area contributed by atoms with Crippen LogP contribution >= 0.6 is 49.9 Å². The number of aliphatic hydroxyl groups excluding tert-OH is 2. The van der Waals surface area contributed by atoms with Crippen molar-refractivity contribution in [3.8, 4) is 12.0 Å². The van der Waals surface area contributed by atoms with E-state index in [1.807, 2.05) is 55.4 Å². The molecule has 0 unspecified atom stereocenters. The molecule has 0 atom stereocenters. The summed E-state index contributed by atoms with van der Waals surface area (Å²) in [5.74, 6) is 0. The van der Waals surface area contributed by atoms with Crippen molar-refractivity contribution in [3.05, 3.63) is 115 Å². The number of aromatic nitrogens is 15. The molecule has 0 aliphatic carbocycles. The van der Waals surface area contributed by atoms with Crippen LogP contribution in [0.3, 0.4) is 0 Å². The third kappa shape index (κ3) is 13.7. The highest BCUT2D eigenvalue weighted by molar-refractivity contribution is 9.10. The molecule has 0 aliphatic heterocycles. The van der Waals surface area contributed by atoms with Crippen molar-refractivity contribution < 1.29 is 19.7 Å². The highest BCUT2D eigenvalue weighted by Gasteiger charge is 2.23. The Hall–Kier alpha value is -6.66. The Morgan fingerprint density at radius 2 is 0.835 bits per heavy atom. The maximum absolute atomic E-state index is 12.9.